The summed E-state index contributed by atoms with van der Waals surface area (Å²) in [6.07, 6.45) is 2.23. The van der Waals surface area contributed by atoms with Crippen LogP contribution in [0, 0.1) is 12.8 Å². The first-order chi connectivity index (χ1) is 16.2. The van der Waals surface area contributed by atoms with Gasteiger partial charge in [-0.05, 0) is 81.2 Å². The predicted octanol–water partition coefficient (Wildman–Crippen LogP) is 6.16. The van der Waals surface area contributed by atoms with E-state index >= 15 is 0 Å². The molecule has 1 aliphatic heterocycles. The van der Waals surface area contributed by atoms with Gasteiger partial charge in [-0.3, -0.25) is 14.7 Å². The van der Waals surface area contributed by atoms with E-state index in [1.54, 1.807) is 30.3 Å². The van der Waals surface area contributed by atoms with Crippen LogP contribution in [-0.4, -0.2) is 41.5 Å². The molecular formula is C25H27Cl2N5O2. The number of nitrogens with one attached hydrogen (secondary N) is 3. The van der Waals surface area contributed by atoms with E-state index in [1.807, 2.05) is 19.1 Å². The number of aromatic nitrogens is 1. The monoisotopic (exact) mass is 499 g/mol. The van der Waals surface area contributed by atoms with Crippen LogP contribution in [0.4, 0.5) is 21.9 Å². The minimum atomic E-state index is -0.442. The summed E-state index contributed by atoms with van der Waals surface area (Å²) >= 11 is 12.0. The van der Waals surface area contributed by atoms with Crippen LogP contribution in [-0.2, 0) is 4.79 Å². The molecule has 9 heteroatoms. The minimum absolute atomic E-state index is 0.0598. The predicted molar refractivity (Wildman–Crippen MR) is 139 cm³/mol. The second-order valence-corrected chi connectivity index (χ2v) is 9.66. The summed E-state index contributed by atoms with van der Waals surface area (Å²) in [6, 6.07) is 11.6. The van der Waals surface area contributed by atoms with Crippen molar-refractivity contribution in [2.24, 2.45) is 5.92 Å². The van der Waals surface area contributed by atoms with Crippen LogP contribution >= 0.6 is 23.2 Å². The van der Waals surface area contributed by atoms with Crippen molar-refractivity contribution in [1.82, 2.24) is 9.88 Å². The number of hydrogen-bond acceptors (Lipinski definition) is 4. The third-order valence-electron chi connectivity index (χ3n) is 5.83. The number of likely N-dealkylation sites (tertiary alicyclic amines) is 1. The van der Waals surface area contributed by atoms with Crippen LogP contribution in [0.3, 0.4) is 0 Å². The molecule has 1 saturated heterocycles. The number of fused-ring (bicyclic) bond motifs is 1. The van der Waals surface area contributed by atoms with Crippen molar-refractivity contribution in [3.05, 3.63) is 58.2 Å². The van der Waals surface area contributed by atoms with Gasteiger partial charge in [0.1, 0.15) is 0 Å². The van der Waals surface area contributed by atoms with E-state index in [1.165, 1.54) is 0 Å². The number of pyridine rings is 1. The zero-order chi connectivity index (χ0) is 24.2. The van der Waals surface area contributed by atoms with Crippen LogP contribution in [0.15, 0.2) is 42.5 Å². The minimum Gasteiger partial charge on any atom is -0.324 e. The number of aryl methyl sites for hydroxylation is 1. The molecule has 0 atom stereocenters. The molecule has 1 aliphatic rings. The second kappa shape index (κ2) is 10.6. The zero-order valence-electron chi connectivity index (χ0n) is 19.1. The van der Waals surface area contributed by atoms with Crippen LogP contribution in [0.2, 0.25) is 10.0 Å². The molecule has 0 unspecified atom stereocenters. The quantitative estimate of drug-likeness (QED) is 0.392. The molecular weight excluding hydrogens is 473 g/mol. The average Bonchev–Trinajstić information content (AvgIpc) is 2.75. The van der Waals surface area contributed by atoms with Crippen molar-refractivity contribution in [3.63, 3.8) is 0 Å². The maximum atomic E-state index is 12.8. The molecule has 34 heavy (non-hydrogen) atoms. The van der Waals surface area contributed by atoms with Gasteiger partial charge in [0.05, 0.1) is 17.7 Å². The molecule has 3 aromatic rings. The molecule has 4 rings (SSSR count). The number of benzene rings is 2. The van der Waals surface area contributed by atoms with Crippen molar-refractivity contribution < 1.29 is 9.59 Å². The van der Waals surface area contributed by atoms with Crippen molar-refractivity contribution in [3.8, 4) is 0 Å². The highest BCUT2D eigenvalue weighted by molar-refractivity contribution is 6.35. The maximum absolute atomic E-state index is 12.8. The van der Waals surface area contributed by atoms with E-state index in [4.69, 9.17) is 23.2 Å². The van der Waals surface area contributed by atoms with E-state index in [9.17, 15) is 9.59 Å². The Labute approximate surface area is 208 Å². The van der Waals surface area contributed by atoms with Gasteiger partial charge in [0.25, 0.3) is 0 Å². The molecule has 2 heterocycles. The highest BCUT2D eigenvalue weighted by Gasteiger charge is 2.18. The molecule has 1 aromatic heterocycles. The number of nitrogens with zero attached hydrogens (tertiary/aromatic N) is 2. The van der Waals surface area contributed by atoms with E-state index in [0.717, 1.165) is 42.5 Å². The SMILES string of the molecule is Cc1cc(NC(=O)CN2CCC(C)CC2)c2cc(NC(=O)Nc3cc(Cl)cc(Cl)c3)ccc2n1. The molecule has 1 fully saturated rings. The first kappa shape index (κ1) is 24.3. The molecule has 0 radical (unpaired) electrons. The first-order valence-corrected chi connectivity index (χ1v) is 12.0. The number of halogens is 2. The van der Waals surface area contributed by atoms with E-state index < -0.39 is 6.03 Å². The number of carbonyl (C=O) groups excluding carboxylic acids is 2. The molecule has 0 aliphatic carbocycles. The Hall–Kier alpha value is -2.87. The standard InChI is InChI=1S/C25H27Cl2N5O2/c1-15-5-7-32(8-6-15)14-24(33)31-23-9-16(2)28-22-4-3-19(13-21(22)23)29-25(34)30-20-11-17(26)10-18(27)12-20/h3-4,9-13,15H,5-8,14H2,1-2H3,(H,28,31,33)(H2,29,30,34). The Morgan fingerprint density at radius 3 is 2.35 bits per heavy atom. The number of piperidine rings is 1. The largest absolute Gasteiger partial charge is 0.324 e. The first-order valence-electron chi connectivity index (χ1n) is 11.2. The van der Waals surface area contributed by atoms with E-state index in [0.29, 0.717) is 39.6 Å². The van der Waals surface area contributed by atoms with Crippen molar-refractivity contribution in [1.29, 1.82) is 0 Å². The molecule has 178 valence electrons. The summed E-state index contributed by atoms with van der Waals surface area (Å²) in [4.78, 5) is 32.0. The van der Waals surface area contributed by atoms with Crippen LogP contribution in [0.1, 0.15) is 25.5 Å². The third kappa shape index (κ3) is 6.38. The summed E-state index contributed by atoms with van der Waals surface area (Å²) in [5, 5.41) is 10.2. The van der Waals surface area contributed by atoms with Crippen LogP contribution in [0.25, 0.3) is 10.9 Å². The number of carbonyl (C=O) groups is 2. The fourth-order valence-corrected chi connectivity index (χ4v) is 4.60. The lowest BCUT2D eigenvalue weighted by Crippen LogP contribution is -2.38. The van der Waals surface area contributed by atoms with Gasteiger partial charge in [0.15, 0.2) is 0 Å². The van der Waals surface area contributed by atoms with Crippen molar-refractivity contribution >= 4 is 63.1 Å². The summed E-state index contributed by atoms with van der Waals surface area (Å²) in [6.45, 7) is 6.37. The number of hydrogen-bond donors (Lipinski definition) is 3. The Bertz CT molecular complexity index is 1210. The van der Waals surface area contributed by atoms with Gasteiger partial charge in [-0.2, -0.15) is 0 Å². The third-order valence-corrected chi connectivity index (χ3v) is 6.27. The average molecular weight is 500 g/mol. The Kier molecular flexibility index (Phi) is 7.56. The zero-order valence-corrected chi connectivity index (χ0v) is 20.6. The molecule has 0 bridgehead atoms. The summed E-state index contributed by atoms with van der Waals surface area (Å²) < 4.78 is 0. The fourth-order valence-electron chi connectivity index (χ4n) is 4.07. The van der Waals surface area contributed by atoms with Crippen LogP contribution < -0.4 is 16.0 Å². The lowest BCUT2D eigenvalue weighted by Gasteiger charge is -2.29. The normalized spacial score (nSPS) is 14.7. The van der Waals surface area contributed by atoms with Gasteiger partial charge in [-0.15, -0.1) is 0 Å². The highest BCUT2D eigenvalue weighted by Crippen LogP contribution is 2.27. The summed E-state index contributed by atoms with van der Waals surface area (Å²) in [7, 11) is 0. The lowest BCUT2D eigenvalue weighted by atomic mass is 9.99. The van der Waals surface area contributed by atoms with Gasteiger partial charge >= 0.3 is 6.03 Å². The molecule has 0 saturated carbocycles. The Morgan fingerprint density at radius 2 is 1.65 bits per heavy atom. The van der Waals surface area contributed by atoms with E-state index in [2.05, 4.69) is 32.8 Å². The van der Waals surface area contributed by atoms with Crippen LogP contribution in [0.5, 0.6) is 0 Å². The molecule has 0 spiro atoms. The van der Waals surface area contributed by atoms with Crippen molar-refractivity contribution in [2.45, 2.75) is 26.7 Å². The Morgan fingerprint density at radius 1 is 0.971 bits per heavy atom. The lowest BCUT2D eigenvalue weighted by molar-refractivity contribution is -0.117. The Balaban J connectivity index is 1.48. The smallest absolute Gasteiger partial charge is 0.323 e. The van der Waals surface area contributed by atoms with Gasteiger partial charge < -0.3 is 16.0 Å². The van der Waals surface area contributed by atoms with Crippen molar-refractivity contribution in [2.75, 3.05) is 35.6 Å². The summed E-state index contributed by atoms with van der Waals surface area (Å²) in [5.41, 5.74) is 3.24. The van der Waals surface area contributed by atoms with Gasteiger partial charge in [-0.25, -0.2) is 4.79 Å². The summed E-state index contributed by atoms with van der Waals surface area (Å²) in [5.74, 6) is 0.653. The molecule has 2 aromatic carbocycles. The number of amides is 3. The number of anilines is 3. The van der Waals surface area contributed by atoms with Gasteiger partial charge in [0.2, 0.25) is 5.91 Å². The highest BCUT2D eigenvalue weighted by atomic mass is 35.5. The van der Waals surface area contributed by atoms with Gasteiger partial charge in [-0.1, -0.05) is 30.1 Å². The fraction of sp³-hybridized carbons (Fsp3) is 0.320. The molecule has 3 N–H and O–H groups in total. The maximum Gasteiger partial charge on any atom is 0.323 e. The molecule has 3 amide bonds. The number of urea groups is 1. The van der Waals surface area contributed by atoms with Gasteiger partial charge in [0, 0.05) is 32.5 Å². The topological polar surface area (TPSA) is 86.4 Å². The second-order valence-electron chi connectivity index (χ2n) is 8.79. The number of rotatable bonds is 5. The van der Waals surface area contributed by atoms with E-state index in [-0.39, 0.29) is 5.91 Å². The molecule has 7 nitrogen and oxygen atoms in total.